The Kier molecular flexibility index (Phi) is 4.81. The number of nitrogens with two attached hydrogens (primary N) is 1. The molecule has 106 valence electrons. The summed E-state index contributed by atoms with van der Waals surface area (Å²) in [5.41, 5.74) is 8.30. The molecule has 0 bridgehead atoms. The van der Waals surface area contributed by atoms with E-state index in [4.69, 9.17) is 10.5 Å². The van der Waals surface area contributed by atoms with Crippen LogP contribution in [0, 0.1) is 6.92 Å². The Labute approximate surface area is 121 Å². The van der Waals surface area contributed by atoms with Crippen LogP contribution in [-0.2, 0) is 12.3 Å². The molecule has 0 amide bonds. The van der Waals surface area contributed by atoms with Crippen molar-refractivity contribution in [2.75, 3.05) is 7.11 Å². The maximum atomic E-state index is 11.4. The predicted octanol–water partition coefficient (Wildman–Crippen LogP) is 1.84. The summed E-state index contributed by atoms with van der Waals surface area (Å²) in [5, 5.41) is 0.607. The van der Waals surface area contributed by atoms with E-state index >= 15 is 0 Å². The predicted molar refractivity (Wildman–Crippen MR) is 80.0 cm³/mol. The number of thioether (sulfide) groups is 1. The monoisotopic (exact) mass is 291 g/mol. The van der Waals surface area contributed by atoms with Crippen LogP contribution in [0.3, 0.4) is 0 Å². The van der Waals surface area contributed by atoms with Crippen molar-refractivity contribution in [2.24, 2.45) is 5.73 Å². The second-order valence-electron chi connectivity index (χ2n) is 4.33. The van der Waals surface area contributed by atoms with Crippen LogP contribution in [0.15, 0.2) is 34.2 Å². The number of rotatable bonds is 5. The first-order chi connectivity index (χ1) is 9.62. The number of hydrogen-bond donors (Lipinski definition) is 2. The number of ether oxygens (including phenoxy) is 1. The normalized spacial score (nSPS) is 10.6. The molecule has 2 aromatic rings. The summed E-state index contributed by atoms with van der Waals surface area (Å²) in [6.45, 7) is 2.29. The molecule has 0 aliphatic carbocycles. The first-order valence-electron chi connectivity index (χ1n) is 6.19. The number of aromatic amines is 1. The van der Waals surface area contributed by atoms with E-state index in [9.17, 15) is 4.79 Å². The van der Waals surface area contributed by atoms with Crippen LogP contribution < -0.4 is 16.0 Å². The van der Waals surface area contributed by atoms with Gasteiger partial charge in [0.1, 0.15) is 5.75 Å². The fourth-order valence-corrected chi connectivity index (χ4v) is 2.74. The van der Waals surface area contributed by atoms with Crippen molar-refractivity contribution in [2.45, 2.75) is 24.4 Å². The number of nitrogens with zero attached hydrogens (tertiary/aromatic N) is 1. The van der Waals surface area contributed by atoms with Gasteiger partial charge in [0.25, 0.3) is 5.56 Å². The highest BCUT2D eigenvalue weighted by Gasteiger charge is 2.06. The summed E-state index contributed by atoms with van der Waals surface area (Å²) in [6, 6.07) is 7.34. The summed E-state index contributed by atoms with van der Waals surface area (Å²) >= 11 is 1.46. The van der Waals surface area contributed by atoms with E-state index in [1.807, 2.05) is 18.2 Å². The molecule has 0 aliphatic rings. The minimum atomic E-state index is -0.136. The van der Waals surface area contributed by atoms with Gasteiger partial charge in [0.2, 0.25) is 0 Å². The standard InChI is InChI=1S/C14H17N3O2S/c1-9-5-13(18)17-14(16-9)20-8-11-6-10(7-15)3-4-12(11)19-2/h3-6H,7-8,15H2,1-2H3,(H,16,17,18). The third-order valence-corrected chi connectivity index (χ3v) is 3.72. The number of aryl methyl sites for hydroxylation is 1. The second-order valence-corrected chi connectivity index (χ2v) is 5.29. The smallest absolute Gasteiger partial charge is 0.251 e. The van der Waals surface area contributed by atoms with Gasteiger partial charge >= 0.3 is 0 Å². The molecule has 1 aromatic carbocycles. The lowest BCUT2D eigenvalue weighted by Gasteiger charge is -2.09. The molecule has 0 spiro atoms. The molecule has 20 heavy (non-hydrogen) atoms. The van der Waals surface area contributed by atoms with Crippen molar-refractivity contribution in [3.05, 3.63) is 51.4 Å². The molecule has 0 aliphatic heterocycles. The van der Waals surface area contributed by atoms with Gasteiger partial charge in [-0.2, -0.15) is 0 Å². The van der Waals surface area contributed by atoms with Gasteiger partial charge in [-0.05, 0) is 24.6 Å². The van der Waals surface area contributed by atoms with Gasteiger partial charge in [0, 0.05) is 29.6 Å². The van der Waals surface area contributed by atoms with Crippen LogP contribution in [0.1, 0.15) is 16.8 Å². The van der Waals surface area contributed by atoms with Crippen molar-refractivity contribution in [1.29, 1.82) is 0 Å². The molecule has 5 nitrogen and oxygen atoms in total. The van der Waals surface area contributed by atoms with Crippen molar-refractivity contribution >= 4 is 11.8 Å². The fourth-order valence-electron chi connectivity index (χ4n) is 1.84. The third kappa shape index (κ3) is 3.61. The highest BCUT2D eigenvalue weighted by atomic mass is 32.2. The van der Waals surface area contributed by atoms with E-state index in [2.05, 4.69) is 9.97 Å². The average molecular weight is 291 g/mol. The van der Waals surface area contributed by atoms with E-state index in [1.54, 1.807) is 14.0 Å². The molecule has 0 fully saturated rings. The lowest BCUT2D eigenvalue weighted by molar-refractivity contribution is 0.411. The van der Waals surface area contributed by atoms with Crippen LogP contribution >= 0.6 is 11.8 Å². The third-order valence-electron chi connectivity index (χ3n) is 2.79. The SMILES string of the molecule is COc1ccc(CN)cc1CSc1nc(C)cc(=O)[nH]1. The van der Waals surface area contributed by atoms with E-state index in [0.717, 1.165) is 16.9 Å². The van der Waals surface area contributed by atoms with Crippen LogP contribution in [0.25, 0.3) is 0 Å². The number of aromatic nitrogens is 2. The molecule has 3 N–H and O–H groups in total. The molecule has 0 atom stereocenters. The van der Waals surface area contributed by atoms with E-state index in [-0.39, 0.29) is 5.56 Å². The number of H-pyrrole nitrogens is 1. The zero-order chi connectivity index (χ0) is 14.5. The number of benzene rings is 1. The summed E-state index contributed by atoms with van der Waals surface area (Å²) in [4.78, 5) is 18.4. The molecule has 0 radical (unpaired) electrons. The van der Waals surface area contributed by atoms with Crippen molar-refractivity contribution in [1.82, 2.24) is 9.97 Å². The first-order valence-corrected chi connectivity index (χ1v) is 7.17. The van der Waals surface area contributed by atoms with Gasteiger partial charge in [-0.25, -0.2) is 4.98 Å². The minimum absolute atomic E-state index is 0.136. The molecule has 0 saturated heterocycles. The first kappa shape index (κ1) is 14.6. The Balaban J connectivity index is 2.19. The Hall–Kier alpha value is -1.79. The Bertz CT molecular complexity index is 655. The Morgan fingerprint density at radius 3 is 2.85 bits per heavy atom. The molecule has 1 heterocycles. The number of hydrogen-bond acceptors (Lipinski definition) is 5. The summed E-state index contributed by atoms with van der Waals surface area (Å²) in [6.07, 6.45) is 0. The molecular formula is C14H17N3O2S. The van der Waals surface area contributed by atoms with Gasteiger partial charge in [-0.3, -0.25) is 4.79 Å². The van der Waals surface area contributed by atoms with E-state index in [0.29, 0.717) is 23.1 Å². The molecule has 6 heteroatoms. The summed E-state index contributed by atoms with van der Waals surface area (Å²) in [5.74, 6) is 1.47. The minimum Gasteiger partial charge on any atom is -0.496 e. The van der Waals surface area contributed by atoms with Gasteiger partial charge in [0.15, 0.2) is 5.16 Å². The summed E-state index contributed by atoms with van der Waals surface area (Å²) < 4.78 is 5.33. The molecule has 0 unspecified atom stereocenters. The topological polar surface area (TPSA) is 81.0 Å². The van der Waals surface area contributed by atoms with Crippen molar-refractivity contribution in [3.8, 4) is 5.75 Å². The zero-order valence-corrected chi connectivity index (χ0v) is 12.3. The molecular weight excluding hydrogens is 274 g/mol. The van der Waals surface area contributed by atoms with Crippen LogP contribution in [0.2, 0.25) is 0 Å². The van der Waals surface area contributed by atoms with Crippen LogP contribution in [0.4, 0.5) is 0 Å². The van der Waals surface area contributed by atoms with E-state index in [1.165, 1.54) is 17.8 Å². The lowest BCUT2D eigenvalue weighted by Crippen LogP contribution is -2.08. The average Bonchev–Trinajstić information content (AvgIpc) is 2.43. The maximum absolute atomic E-state index is 11.4. The van der Waals surface area contributed by atoms with E-state index < -0.39 is 0 Å². The van der Waals surface area contributed by atoms with Gasteiger partial charge in [0.05, 0.1) is 7.11 Å². The second kappa shape index (κ2) is 6.58. The largest absolute Gasteiger partial charge is 0.496 e. The van der Waals surface area contributed by atoms with Crippen LogP contribution in [-0.4, -0.2) is 17.1 Å². The maximum Gasteiger partial charge on any atom is 0.251 e. The van der Waals surface area contributed by atoms with Gasteiger partial charge in [-0.1, -0.05) is 17.8 Å². The molecule has 0 saturated carbocycles. The highest BCUT2D eigenvalue weighted by Crippen LogP contribution is 2.26. The molecule has 1 aromatic heterocycles. The molecule has 2 rings (SSSR count). The summed E-state index contributed by atoms with van der Waals surface area (Å²) in [7, 11) is 1.64. The Morgan fingerprint density at radius 1 is 1.40 bits per heavy atom. The van der Waals surface area contributed by atoms with Gasteiger partial charge in [-0.15, -0.1) is 0 Å². The number of methoxy groups -OCH3 is 1. The van der Waals surface area contributed by atoms with Crippen molar-refractivity contribution in [3.63, 3.8) is 0 Å². The highest BCUT2D eigenvalue weighted by molar-refractivity contribution is 7.98. The lowest BCUT2D eigenvalue weighted by atomic mass is 10.1. The Morgan fingerprint density at radius 2 is 2.20 bits per heavy atom. The number of nitrogens with one attached hydrogen (secondary N) is 1. The fraction of sp³-hybridized carbons (Fsp3) is 0.286. The quantitative estimate of drug-likeness (QED) is 0.649. The van der Waals surface area contributed by atoms with Gasteiger partial charge < -0.3 is 15.5 Å². The zero-order valence-electron chi connectivity index (χ0n) is 11.5. The van der Waals surface area contributed by atoms with Crippen LogP contribution in [0.5, 0.6) is 5.75 Å². The van der Waals surface area contributed by atoms with Crippen molar-refractivity contribution < 1.29 is 4.74 Å².